The van der Waals surface area contributed by atoms with Crippen LogP contribution >= 0.6 is 0 Å². The van der Waals surface area contributed by atoms with E-state index in [4.69, 9.17) is 0 Å². The summed E-state index contributed by atoms with van der Waals surface area (Å²) in [5, 5.41) is 6.16. The number of hydrogen-bond donors (Lipinski definition) is 2. The Kier molecular flexibility index (Phi) is 6.47. The maximum Gasteiger partial charge on any atom is 0.274 e. The molecule has 0 bridgehead atoms. The molecule has 6 heteroatoms. The summed E-state index contributed by atoms with van der Waals surface area (Å²) in [5.74, 6) is 1.02. The second kappa shape index (κ2) is 8.58. The lowest BCUT2D eigenvalue weighted by Crippen LogP contribution is -2.18. The Labute approximate surface area is 149 Å². The molecule has 2 rings (SSSR count). The molecule has 6 nitrogen and oxygen atoms in total. The predicted molar refractivity (Wildman–Crippen MR) is 102 cm³/mol. The Morgan fingerprint density at radius 2 is 1.84 bits per heavy atom. The molecule has 134 valence electrons. The first-order chi connectivity index (χ1) is 11.8. The van der Waals surface area contributed by atoms with E-state index in [2.05, 4.69) is 25.5 Å². The normalized spacial score (nSPS) is 10.8. The van der Waals surface area contributed by atoms with E-state index in [0.29, 0.717) is 17.3 Å². The lowest BCUT2D eigenvalue weighted by atomic mass is 10.1. The minimum atomic E-state index is -0.231. The number of aryl methyl sites for hydroxylation is 3. The maximum absolute atomic E-state index is 12.5. The molecule has 0 radical (unpaired) electrons. The van der Waals surface area contributed by atoms with Gasteiger partial charge in [0.15, 0.2) is 0 Å². The number of amides is 1. The molecule has 2 N–H and O–H groups in total. The van der Waals surface area contributed by atoms with Gasteiger partial charge in [-0.1, -0.05) is 6.07 Å². The Balaban J connectivity index is 2.04. The summed E-state index contributed by atoms with van der Waals surface area (Å²) in [6, 6.07) is 7.54. The minimum Gasteiger partial charge on any atom is -0.370 e. The quantitative estimate of drug-likeness (QED) is 0.758. The SMILES string of the molecule is Cc1nc(NCCCN(C)C)cc(C(=O)Nc2ccc(C)c(C)c2)n1. The largest absolute Gasteiger partial charge is 0.370 e. The van der Waals surface area contributed by atoms with Crippen molar-refractivity contribution in [3.05, 3.63) is 46.9 Å². The third-order valence-electron chi connectivity index (χ3n) is 3.92. The molecule has 0 aliphatic rings. The Morgan fingerprint density at radius 3 is 2.52 bits per heavy atom. The van der Waals surface area contributed by atoms with E-state index in [9.17, 15) is 4.79 Å². The number of carbonyl (C=O) groups is 1. The van der Waals surface area contributed by atoms with Crippen molar-refractivity contribution >= 4 is 17.4 Å². The van der Waals surface area contributed by atoms with E-state index in [1.807, 2.05) is 46.1 Å². The number of anilines is 2. The van der Waals surface area contributed by atoms with Crippen molar-refractivity contribution in [3.8, 4) is 0 Å². The summed E-state index contributed by atoms with van der Waals surface area (Å²) in [6.07, 6.45) is 1.00. The number of benzene rings is 1. The van der Waals surface area contributed by atoms with Gasteiger partial charge in [0.2, 0.25) is 0 Å². The predicted octanol–water partition coefficient (Wildman–Crippen LogP) is 3.02. The van der Waals surface area contributed by atoms with Crippen molar-refractivity contribution in [1.82, 2.24) is 14.9 Å². The van der Waals surface area contributed by atoms with Gasteiger partial charge < -0.3 is 15.5 Å². The third kappa shape index (κ3) is 5.83. The smallest absolute Gasteiger partial charge is 0.274 e. The molecular weight excluding hydrogens is 314 g/mol. The molecule has 1 heterocycles. The van der Waals surface area contributed by atoms with Crippen LogP contribution in [0.25, 0.3) is 0 Å². The molecule has 2 aromatic rings. The molecule has 0 atom stereocenters. The van der Waals surface area contributed by atoms with Crippen molar-refractivity contribution in [2.45, 2.75) is 27.2 Å². The van der Waals surface area contributed by atoms with Crippen molar-refractivity contribution in [1.29, 1.82) is 0 Å². The molecular formula is C19H27N5O. The average molecular weight is 341 g/mol. The fraction of sp³-hybridized carbons (Fsp3) is 0.421. The first-order valence-electron chi connectivity index (χ1n) is 8.48. The fourth-order valence-corrected chi connectivity index (χ4v) is 2.40. The van der Waals surface area contributed by atoms with Crippen LogP contribution < -0.4 is 10.6 Å². The zero-order valence-electron chi connectivity index (χ0n) is 15.7. The van der Waals surface area contributed by atoms with Gasteiger partial charge >= 0.3 is 0 Å². The molecule has 1 amide bonds. The van der Waals surface area contributed by atoms with E-state index in [-0.39, 0.29) is 5.91 Å². The van der Waals surface area contributed by atoms with Gasteiger partial charge in [0.05, 0.1) is 0 Å². The van der Waals surface area contributed by atoms with Gasteiger partial charge in [0, 0.05) is 18.3 Å². The summed E-state index contributed by atoms with van der Waals surface area (Å²) < 4.78 is 0. The van der Waals surface area contributed by atoms with Crippen LogP contribution in [0.1, 0.15) is 33.9 Å². The highest BCUT2D eigenvalue weighted by Crippen LogP contribution is 2.15. The summed E-state index contributed by atoms with van der Waals surface area (Å²) in [4.78, 5) is 23.2. The van der Waals surface area contributed by atoms with Gasteiger partial charge in [-0.05, 0) is 71.1 Å². The van der Waals surface area contributed by atoms with Gasteiger partial charge in [0.25, 0.3) is 5.91 Å². The van der Waals surface area contributed by atoms with Crippen LogP contribution in [-0.4, -0.2) is 48.0 Å². The molecule has 0 saturated carbocycles. The molecule has 25 heavy (non-hydrogen) atoms. The highest BCUT2D eigenvalue weighted by Gasteiger charge is 2.11. The van der Waals surface area contributed by atoms with Crippen molar-refractivity contribution < 1.29 is 4.79 Å². The minimum absolute atomic E-state index is 0.231. The zero-order chi connectivity index (χ0) is 18.4. The molecule has 0 unspecified atom stereocenters. The van der Waals surface area contributed by atoms with Crippen LogP contribution in [0.15, 0.2) is 24.3 Å². The molecule has 0 spiro atoms. The van der Waals surface area contributed by atoms with Crippen molar-refractivity contribution in [3.63, 3.8) is 0 Å². The van der Waals surface area contributed by atoms with Gasteiger partial charge in [-0.15, -0.1) is 0 Å². The Bertz CT molecular complexity index is 743. The van der Waals surface area contributed by atoms with Gasteiger partial charge in [-0.25, -0.2) is 9.97 Å². The molecule has 0 saturated heterocycles. The second-order valence-corrected chi connectivity index (χ2v) is 6.52. The fourth-order valence-electron chi connectivity index (χ4n) is 2.40. The van der Waals surface area contributed by atoms with E-state index >= 15 is 0 Å². The highest BCUT2D eigenvalue weighted by molar-refractivity contribution is 6.03. The third-order valence-corrected chi connectivity index (χ3v) is 3.92. The summed E-state index contributed by atoms with van der Waals surface area (Å²) in [7, 11) is 4.09. The van der Waals surface area contributed by atoms with Crippen molar-refractivity contribution in [2.75, 3.05) is 37.8 Å². The standard InChI is InChI=1S/C19H27N5O/c1-13-7-8-16(11-14(13)2)23-19(25)17-12-18(22-15(3)21-17)20-9-6-10-24(4)5/h7-8,11-12H,6,9-10H2,1-5H3,(H,23,25)(H,20,21,22). The average Bonchev–Trinajstić information content (AvgIpc) is 2.54. The number of aromatic nitrogens is 2. The van der Waals surface area contributed by atoms with Crippen LogP contribution in [0, 0.1) is 20.8 Å². The van der Waals surface area contributed by atoms with E-state index in [1.54, 1.807) is 13.0 Å². The highest BCUT2D eigenvalue weighted by atomic mass is 16.1. The monoisotopic (exact) mass is 341 g/mol. The lowest BCUT2D eigenvalue weighted by Gasteiger charge is -2.12. The number of hydrogen-bond acceptors (Lipinski definition) is 5. The van der Waals surface area contributed by atoms with Gasteiger partial charge in [-0.2, -0.15) is 0 Å². The van der Waals surface area contributed by atoms with Gasteiger partial charge in [0.1, 0.15) is 17.3 Å². The van der Waals surface area contributed by atoms with E-state index in [0.717, 1.165) is 30.8 Å². The van der Waals surface area contributed by atoms with Crippen LogP contribution in [0.2, 0.25) is 0 Å². The molecule has 0 aliphatic heterocycles. The Morgan fingerprint density at radius 1 is 1.08 bits per heavy atom. The molecule has 1 aromatic heterocycles. The Hall–Kier alpha value is -2.47. The summed E-state index contributed by atoms with van der Waals surface area (Å²) >= 11 is 0. The lowest BCUT2D eigenvalue weighted by molar-refractivity contribution is 0.102. The van der Waals surface area contributed by atoms with Crippen LogP contribution in [0.5, 0.6) is 0 Å². The topological polar surface area (TPSA) is 70.2 Å². The van der Waals surface area contributed by atoms with E-state index < -0.39 is 0 Å². The molecule has 0 aliphatic carbocycles. The first kappa shape index (κ1) is 18.9. The van der Waals surface area contributed by atoms with Crippen LogP contribution in [0.3, 0.4) is 0 Å². The van der Waals surface area contributed by atoms with Gasteiger partial charge in [-0.3, -0.25) is 4.79 Å². The molecule has 1 aromatic carbocycles. The number of carbonyl (C=O) groups excluding carboxylic acids is 1. The maximum atomic E-state index is 12.5. The number of nitrogens with zero attached hydrogens (tertiary/aromatic N) is 3. The van der Waals surface area contributed by atoms with Crippen LogP contribution in [0.4, 0.5) is 11.5 Å². The van der Waals surface area contributed by atoms with Crippen molar-refractivity contribution in [2.24, 2.45) is 0 Å². The zero-order valence-corrected chi connectivity index (χ0v) is 15.7. The molecule has 0 fully saturated rings. The van der Waals surface area contributed by atoms with Crippen LogP contribution in [-0.2, 0) is 0 Å². The summed E-state index contributed by atoms with van der Waals surface area (Å²) in [5.41, 5.74) is 3.46. The number of nitrogens with one attached hydrogen (secondary N) is 2. The number of rotatable bonds is 7. The second-order valence-electron chi connectivity index (χ2n) is 6.52. The first-order valence-corrected chi connectivity index (χ1v) is 8.48. The van der Waals surface area contributed by atoms with E-state index in [1.165, 1.54) is 5.56 Å². The summed E-state index contributed by atoms with van der Waals surface area (Å²) in [6.45, 7) is 7.65.